The molecule has 3 rings (SSSR count). The van der Waals surface area contributed by atoms with Crippen molar-refractivity contribution >= 4 is 29.0 Å². The van der Waals surface area contributed by atoms with Crippen molar-refractivity contribution in [3.63, 3.8) is 0 Å². The summed E-state index contributed by atoms with van der Waals surface area (Å²) < 4.78 is 1.75. The van der Waals surface area contributed by atoms with Crippen LogP contribution in [0.5, 0.6) is 0 Å². The van der Waals surface area contributed by atoms with E-state index >= 15 is 0 Å². The average Bonchev–Trinajstić information content (AvgIpc) is 2.78. The molecule has 6 nitrogen and oxygen atoms in total. The lowest BCUT2D eigenvalue weighted by Gasteiger charge is -2.18. The number of rotatable bonds is 9. The van der Waals surface area contributed by atoms with Gasteiger partial charge in [-0.15, -0.1) is 6.58 Å². The van der Waals surface area contributed by atoms with Crippen molar-refractivity contribution in [2.75, 3.05) is 13.1 Å². The van der Waals surface area contributed by atoms with Crippen LogP contribution in [0.4, 0.5) is 0 Å². The van der Waals surface area contributed by atoms with Crippen LogP contribution in [-0.4, -0.2) is 33.4 Å². The van der Waals surface area contributed by atoms with Crippen molar-refractivity contribution in [2.24, 2.45) is 0 Å². The summed E-state index contributed by atoms with van der Waals surface area (Å²) in [6.07, 6.45) is 1.62. The van der Waals surface area contributed by atoms with Crippen molar-refractivity contribution in [3.05, 3.63) is 86.9 Å². The van der Waals surface area contributed by atoms with E-state index in [0.29, 0.717) is 34.3 Å². The van der Waals surface area contributed by atoms with E-state index in [4.69, 9.17) is 12.2 Å². The smallest absolute Gasteiger partial charge is 0.262 e. The number of carbonyl (C=O) groups is 1. The highest BCUT2D eigenvalue weighted by Crippen LogP contribution is 2.12. The second-order valence-corrected chi connectivity index (χ2v) is 7.75. The second kappa shape index (κ2) is 10.3. The van der Waals surface area contributed by atoms with Gasteiger partial charge in [-0.3, -0.25) is 19.1 Å². The van der Waals surface area contributed by atoms with E-state index in [1.165, 1.54) is 10.1 Å². The molecule has 31 heavy (non-hydrogen) atoms. The van der Waals surface area contributed by atoms with Gasteiger partial charge in [0.15, 0.2) is 4.77 Å². The van der Waals surface area contributed by atoms with Crippen molar-refractivity contribution in [3.8, 4) is 0 Å². The zero-order chi connectivity index (χ0) is 22.4. The average molecular weight is 437 g/mol. The molecule has 2 N–H and O–H groups in total. The Bertz CT molecular complexity index is 1210. The molecule has 0 saturated carbocycles. The van der Waals surface area contributed by atoms with E-state index in [2.05, 4.69) is 47.8 Å². The number of nitrogens with one attached hydrogen (secondary N) is 2. The van der Waals surface area contributed by atoms with Crippen LogP contribution in [0, 0.1) is 4.77 Å². The lowest BCUT2D eigenvalue weighted by Crippen LogP contribution is -2.24. The molecule has 162 valence electrons. The minimum absolute atomic E-state index is 0.198. The third-order valence-electron chi connectivity index (χ3n) is 5.30. The van der Waals surface area contributed by atoms with Gasteiger partial charge in [-0.1, -0.05) is 44.2 Å². The van der Waals surface area contributed by atoms with E-state index in [1.807, 2.05) is 12.1 Å². The Balaban J connectivity index is 1.75. The molecule has 1 amide bonds. The van der Waals surface area contributed by atoms with Crippen LogP contribution in [0.15, 0.2) is 59.9 Å². The molecule has 0 spiro atoms. The van der Waals surface area contributed by atoms with Gasteiger partial charge in [0.1, 0.15) is 0 Å². The topological polar surface area (TPSA) is 70.1 Å². The van der Waals surface area contributed by atoms with E-state index in [1.54, 1.807) is 24.3 Å². The summed E-state index contributed by atoms with van der Waals surface area (Å²) in [5.74, 6) is -0.203. The van der Waals surface area contributed by atoms with Gasteiger partial charge in [0.2, 0.25) is 0 Å². The number of allylic oxidation sites excluding steroid dienone is 1. The number of hydrogen-bond donors (Lipinski definition) is 2. The maximum Gasteiger partial charge on any atom is 0.262 e. The minimum atomic E-state index is -0.203. The highest BCUT2D eigenvalue weighted by atomic mass is 32.1. The molecule has 0 fully saturated rings. The van der Waals surface area contributed by atoms with Crippen LogP contribution in [0.2, 0.25) is 0 Å². The van der Waals surface area contributed by atoms with Gasteiger partial charge < -0.3 is 10.3 Å². The molecule has 0 aliphatic heterocycles. The van der Waals surface area contributed by atoms with E-state index < -0.39 is 0 Å². The number of fused-ring (bicyclic) bond motifs is 1. The normalized spacial score (nSPS) is 11.1. The third-order valence-corrected chi connectivity index (χ3v) is 5.62. The fourth-order valence-corrected chi connectivity index (χ4v) is 3.79. The molecule has 7 heteroatoms. The summed E-state index contributed by atoms with van der Waals surface area (Å²) in [5, 5.41) is 3.44. The molecule has 0 saturated heterocycles. The maximum atomic E-state index is 12.7. The molecule has 0 unspecified atom stereocenters. The van der Waals surface area contributed by atoms with Crippen molar-refractivity contribution < 1.29 is 4.79 Å². The van der Waals surface area contributed by atoms with Crippen molar-refractivity contribution in [1.29, 1.82) is 0 Å². The Kier molecular flexibility index (Phi) is 7.55. The summed E-state index contributed by atoms with van der Waals surface area (Å²) in [6, 6.07) is 13.2. The van der Waals surface area contributed by atoms with Crippen LogP contribution in [0.25, 0.3) is 10.9 Å². The fourth-order valence-electron chi connectivity index (χ4n) is 3.52. The molecule has 0 aliphatic rings. The number of aromatic nitrogens is 2. The van der Waals surface area contributed by atoms with Crippen LogP contribution in [-0.2, 0) is 19.6 Å². The van der Waals surface area contributed by atoms with Crippen LogP contribution >= 0.6 is 12.2 Å². The van der Waals surface area contributed by atoms with Crippen LogP contribution in [0.3, 0.4) is 0 Å². The molecule has 3 aromatic rings. The number of nitrogens with zero attached hydrogens (tertiary/aromatic N) is 2. The second-order valence-electron chi connectivity index (χ2n) is 7.36. The molecule has 2 aromatic carbocycles. The zero-order valence-corrected chi connectivity index (χ0v) is 18.8. The van der Waals surface area contributed by atoms with E-state index in [0.717, 1.165) is 25.2 Å². The minimum Gasteiger partial charge on any atom is -0.348 e. The summed E-state index contributed by atoms with van der Waals surface area (Å²) >= 11 is 5.27. The maximum absolute atomic E-state index is 12.7. The Labute approximate surface area is 187 Å². The first kappa shape index (κ1) is 22.7. The third kappa shape index (κ3) is 5.37. The van der Waals surface area contributed by atoms with Gasteiger partial charge in [-0.05, 0) is 54.6 Å². The highest BCUT2D eigenvalue weighted by Gasteiger charge is 2.10. The first-order chi connectivity index (χ1) is 15.0. The van der Waals surface area contributed by atoms with Gasteiger partial charge in [-0.2, -0.15) is 0 Å². The summed E-state index contributed by atoms with van der Waals surface area (Å²) in [5.41, 5.74) is 3.09. The predicted molar refractivity (Wildman–Crippen MR) is 128 cm³/mol. The Morgan fingerprint density at radius 3 is 2.65 bits per heavy atom. The monoisotopic (exact) mass is 436 g/mol. The molecule has 0 aliphatic carbocycles. The highest BCUT2D eigenvalue weighted by molar-refractivity contribution is 7.71. The van der Waals surface area contributed by atoms with Gasteiger partial charge >= 0.3 is 0 Å². The van der Waals surface area contributed by atoms with Crippen molar-refractivity contribution in [2.45, 2.75) is 33.5 Å². The standard InChI is InChI=1S/C24H28N4O2S/c1-4-12-28-23(30)20-11-10-19(14-21(20)26-24(28)31)22(29)25-15-17-8-7-9-18(13-17)16-27(5-2)6-3/h4,7-11,13-14H,1,5-6,12,15-16H2,2-3H3,(H,25,29)(H,26,31). The first-order valence-electron chi connectivity index (χ1n) is 10.4. The summed E-state index contributed by atoms with van der Waals surface area (Å²) in [6.45, 7) is 11.6. The van der Waals surface area contributed by atoms with Crippen molar-refractivity contribution in [1.82, 2.24) is 19.8 Å². The van der Waals surface area contributed by atoms with Crippen LogP contribution in [0.1, 0.15) is 35.3 Å². The number of amides is 1. The largest absolute Gasteiger partial charge is 0.348 e. The molecular weight excluding hydrogens is 408 g/mol. The summed E-state index contributed by atoms with van der Waals surface area (Å²) in [7, 11) is 0. The molecule has 0 atom stereocenters. The molecule has 0 radical (unpaired) electrons. The van der Waals surface area contributed by atoms with Gasteiger partial charge in [0.05, 0.1) is 10.9 Å². The number of H-pyrrole nitrogens is 1. The Morgan fingerprint density at radius 1 is 1.19 bits per heavy atom. The predicted octanol–water partition coefficient (Wildman–Crippen LogP) is 4.02. The number of hydrogen-bond acceptors (Lipinski definition) is 4. The quantitative estimate of drug-likeness (QED) is 0.393. The molecule has 0 bridgehead atoms. The Hall–Kier alpha value is -3.03. The lowest BCUT2D eigenvalue weighted by molar-refractivity contribution is 0.0951. The number of carbonyl (C=O) groups excluding carboxylic acids is 1. The molecule has 1 heterocycles. The van der Waals surface area contributed by atoms with Gasteiger partial charge in [0.25, 0.3) is 11.5 Å². The number of aromatic amines is 1. The van der Waals surface area contributed by atoms with Gasteiger partial charge in [0, 0.05) is 25.2 Å². The van der Waals surface area contributed by atoms with E-state index in [-0.39, 0.29) is 11.5 Å². The van der Waals surface area contributed by atoms with Gasteiger partial charge in [-0.25, -0.2) is 0 Å². The SMILES string of the molecule is C=CCn1c(=S)[nH]c2cc(C(=O)NCc3cccc(CN(CC)CC)c3)ccc2c1=O. The van der Waals surface area contributed by atoms with Crippen LogP contribution < -0.4 is 10.9 Å². The molecular formula is C24H28N4O2S. The first-order valence-corrected chi connectivity index (χ1v) is 10.8. The number of benzene rings is 2. The molecule has 1 aromatic heterocycles. The van der Waals surface area contributed by atoms with E-state index in [9.17, 15) is 9.59 Å². The lowest BCUT2D eigenvalue weighted by atomic mass is 10.1. The zero-order valence-electron chi connectivity index (χ0n) is 18.0. The fraction of sp³-hybridized carbons (Fsp3) is 0.292. The summed E-state index contributed by atoms with van der Waals surface area (Å²) in [4.78, 5) is 30.7. The Morgan fingerprint density at radius 2 is 1.94 bits per heavy atom.